The first-order valence-electron chi connectivity index (χ1n) is 4.77. The van der Waals surface area contributed by atoms with Crippen molar-refractivity contribution >= 4 is 0 Å². The predicted molar refractivity (Wildman–Crippen MR) is 52.3 cm³/mol. The van der Waals surface area contributed by atoms with Crippen LogP contribution in [0.3, 0.4) is 0 Å². The summed E-state index contributed by atoms with van der Waals surface area (Å²) in [5.41, 5.74) is 5.28. The summed E-state index contributed by atoms with van der Waals surface area (Å²) < 4.78 is 5.26. The molecule has 0 aromatic carbocycles. The highest BCUT2D eigenvalue weighted by Gasteiger charge is 1.95. The zero-order valence-corrected chi connectivity index (χ0v) is 8.38. The molecule has 74 valence electrons. The summed E-state index contributed by atoms with van der Waals surface area (Å²) in [6.07, 6.45) is 2.33. The summed E-state index contributed by atoms with van der Waals surface area (Å²) in [7, 11) is 2.15. The van der Waals surface area contributed by atoms with Crippen LogP contribution in [0.1, 0.15) is 19.8 Å². The van der Waals surface area contributed by atoms with Gasteiger partial charge in [0, 0.05) is 19.7 Å². The quantitative estimate of drug-likeness (QED) is 0.550. The maximum Gasteiger partial charge on any atom is 0.0588 e. The molecular weight excluding hydrogens is 152 g/mol. The normalized spacial score (nSPS) is 11.0. The highest BCUT2D eigenvalue weighted by molar-refractivity contribution is 4.49. The van der Waals surface area contributed by atoms with Gasteiger partial charge in [0.05, 0.1) is 6.61 Å². The Bertz CT molecular complexity index is 88.6. The van der Waals surface area contributed by atoms with Gasteiger partial charge in [-0.3, -0.25) is 0 Å². The lowest BCUT2D eigenvalue weighted by molar-refractivity contribution is 0.130. The fraction of sp³-hybridized carbons (Fsp3) is 1.00. The number of hydrogen-bond acceptors (Lipinski definition) is 3. The summed E-state index contributed by atoms with van der Waals surface area (Å²) in [5.74, 6) is 0. The van der Waals surface area contributed by atoms with Crippen LogP contribution in [0.2, 0.25) is 0 Å². The summed E-state index contributed by atoms with van der Waals surface area (Å²) in [6, 6.07) is 0. The van der Waals surface area contributed by atoms with Crippen LogP contribution in [0.25, 0.3) is 0 Å². The van der Waals surface area contributed by atoms with Crippen LogP contribution in [0.15, 0.2) is 0 Å². The molecule has 0 atom stereocenters. The first kappa shape index (κ1) is 11.9. The van der Waals surface area contributed by atoms with E-state index in [0.29, 0.717) is 13.2 Å². The Kier molecular flexibility index (Phi) is 8.88. The second-order valence-corrected chi connectivity index (χ2v) is 3.06. The molecule has 0 aromatic heterocycles. The van der Waals surface area contributed by atoms with Crippen LogP contribution in [0.4, 0.5) is 0 Å². The largest absolute Gasteiger partial charge is 0.380 e. The number of hydrogen-bond donors (Lipinski definition) is 1. The molecule has 0 bridgehead atoms. The van der Waals surface area contributed by atoms with E-state index >= 15 is 0 Å². The van der Waals surface area contributed by atoms with Crippen molar-refractivity contribution in [3.8, 4) is 0 Å². The van der Waals surface area contributed by atoms with E-state index in [4.69, 9.17) is 10.5 Å². The summed E-state index contributed by atoms with van der Waals surface area (Å²) >= 11 is 0. The second-order valence-electron chi connectivity index (χ2n) is 3.06. The molecular formula is C9H22N2O. The topological polar surface area (TPSA) is 38.5 Å². The monoisotopic (exact) mass is 174 g/mol. The van der Waals surface area contributed by atoms with Gasteiger partial charge in [0.15, 0.2) is 0 Å². The second kappa shape index (κ2) is 8.97. The standard InChI is InChI=1S/C9H22N2O/c1-3-6-11(2)7-4-8-12-9-5-10/h3-10H2,1-2H3. The van der Waals surface area contributed by atoms with Crippen molar-refractivity contribution < 1.29 is 4.74 Å². The van der Waals surface area contributed by atoms with Gasteiger partial charge in [0.1, 0.15) is 0 Å². The molecule has 0 fully saturated rings. The van der Waals surface area contributed by atoms with Crippen molar-refractivity contribution in [1.29, 1.82) is 0 Å². The highest BCUT2D eigenvalue weighted by atomic mass is 16.5. The van der Waals surface area contributed by atoms with E-state index in [2.05, 4.69) is 18.9 Å². The van der Waals surface area contributed by atoms with Crippen LogP contribution in [-0.4, -0.2) is 44.8 Å². The average Bonchev–Trinajstić information content (AvgIpc) is 2.05. The summed E-state index contributed by atoms with van der Waals surface area (Å²) in [6.45, 7) is 6.66. The van der Waals surface area contributed by atoms with E-state index < -0.39 is 0 Å². The van der Waals surface area contributed by atoms with Crippen LogP contribution in [0, 0.1) is 0 Å². The maximum atomic E-state index is 5.28. The lowest BCUT2D eigenvalue weighted by Crippen LogP contribution is -2.21. The Labute approximate surface area is 75.9 Å². The van der Waals surface area contributed by atoms with Gasteiger partial charge >= 0.3 is 0 Å². The van der Waals surface area contributed by atoms with Crippen molar-refractivity contribution in [3.63, 3.8) is 0 Å². The van der Waals surface area contributed by atoms with E-state index in [0.717, 1.165) is 19.6 Å². The zero-order chi connectivity index (χ0) is 9.23. The fourth-order valence-corrected chi connectivity index (χ4v) is 1.12. The van der Waals surface area contributed by atoms with Gasteiger partial charge in [-0.2, -0.15) is 0 Å². The molecule has 0 aliphatic rings. The smallest absolute Gasteiger partial charge is 0.0588 e. The predicted octanol–water partition coefficient (Wildman–Crippen LogP) is 0.694. The minimum Gasteiger partial charge on any atom is -0.380 e. The van der Waals surface area contributed by atoms with E-state index in [1.165, 1.54) is 13.0 Å². The minimum atomic E-state index is 0.630. The number of ether oxygens (including phenoxy) is 1. The lowest BCUT2D eigenvalue weighted by Gasteiger charge is -2.14. The van der Waals surface area contributed by atoms with Crippen molar-refractivity contribution in [1.82, 2.24) is 4.90 Å². The van der Waals surface area contributed by atoms with Gasteiger partial charge in [0.2, 0.25) is 0 Å². The number of nitrogens with two attached hydrogens (primary N) is 1. The third kappa shape index (κ3) is 7.98. The number of nitrogens with zero attached hydrogens (tertiary/aromatic N) is 1. The molecule has 3 nitrogen and oxygen atoms in total. The van der Waals surface area contributed by atoms with Crippen molar-refractivity contribution in [2.24, 2.45) is 5.73 Å². The van der Waals surface area contributed by atoms with Gasteiger partial charge in [-0.1, -0.05) is 6.92 Å². The molecule has 0 saturated heterocycles. The third-order valence-electron chi connectivity index (χ3n) is 1.70. The molecule has 0 spiro atoms. The van der Waals surface area contributed by atoms with Gasteiger partial charge in [-0.05, 0) is 26.4 Å². The van der Waals surface area contributed by atoms with Crippen LogP contribution >= 0.6 is 0 Å². The molecule has 0 rings (SSSR count). The van der Waals surface area contributed by atoms with Gasteiger partial charge in [-0.15, -0.1) is 0 Å². The zero-order valence-electron chi connectivity index (χ0n) is 8.38. The molecule has 0 radical (unpaired) electrons. The Balaban J connectivity index is 2.97. The molecule has 2 N–H and O–H groups in total. The number of rotatable bonds is 8. The molecule has 0 aliphatic carbocycles. The maximum absolute atomic E-state index is 5.28. The average molecular weight is 174 g/mol. The van der Waals surface area contributed by atoms with Crippen LogP contribution in [-0.2, 0) is 4.74 Å². The first-order chi connectivity index (χ1) is 5.81. The van der Waals surface area contributed by atoms with E-state index in [9.17, 15) is 0 Å². The van der Waals surface area contributed by atoms with Gasteiger partial charge in [-0.25, -0.2) is 0 Å². The molecule has 0 unspecified atom stereocenters. The molecule has 12 heavy (non-hydrogen) atoms. The molecule has 0 amide bonds. The molecule has 3 heteroatoms. The van der Waals surface area contributed by atoms with Gasteiger partial charge in [0.25, 0.3) is 0 Å². The third-order valence-corrected chi connectivity index (χ3v) is 1.70. The SMILES string of the molecule is CCCN(C)CCCOCCN. The van der Waals surface area contributed by atoms with E-state index in [1.54, 1.807) is 0 Å². The summed E-state index contributed by atoms with van der Waals surface area (Å²) in [4.78, 5) is 2.33. The Morgan fingerprint density at radius 1 is 1.25 bits per heavy atom. The first-order valence-corrected chi connectivity index (χ1v) is 4.77. The van der Waals surface area contributed by atoms with Gasteiger partial charge < -0.3 is 15.4 Å². The van der Waals surface area contributed by atoms with E-state index in [-0.39, 0.29) is 0 Å². The lowest BCUT2D eigenvalue weighted by atomic mass is 10.4. The van der Waals surface area contributed by atoms with E-state index in [1.807, 2.05) is 0 Å². The Hall–Kier alpha value is -0.120. The molecule has 0 saturated carbocycles. The highest BCUT2D eigenvalue weighted by Crippen LogP contribution is 1.90. The van der Waals surface area contributed by atoms with Crippen molar-refractivity contribution in [3.05, 3.63) is 0 Å². The van der Waals surface area contributed by atoms with Crippen molar-refractivity contribution in [2.45, 2.75) is 19.8 Å². The summed E-state index contributed by atoms with van der Waals surface area (Å²) in [5, 5.41) is 0. The fourth-order valence-electron chi connectivity index (χ4n) is 1.12. The van der Waals surface area contributed by atoms with Crippen LogP contribution < -0.4 is 5.73 Å². The molecule has 0 aliphatic heterocycles. The Morgan fingerprint density at radius 2 is 2.00 bits per heavy atom. The van der Waals surface area contributed by atoms with Crippen LogP contribution in [0.5, 0.6) is 0 Å². The molecule has 0 aromatic rings. The van der Waals surface area contributed by atoms with Crippen molar-refractivity contribution in [2.75, 3.05) is 39.9 Å². The Morgan fingerprint density at radius 3 is 2.58 bits per heavy atom. The minimum absolute atomic E-state index is 0.630. The molecule has 0 heterocycles.